The van der Waals surface area contributed by atoms with E-state index in [9.17, 15) is 17.6 Å². The Morgan fingerprint density at radius 3 is 2.71 bits per heavy atom. The zero-order valence-corrected chi connectivity index (χ0v) is 12.7. The SMILES string of the molecule is Cc1cc(F)ccc1C(=O)NS(=O)(=O)/C=C/c1cccs1. The van der Waals surface area contributed by atoms with E-state index in [0.717, 1.165) is 16.4 Å². The van der Waals surface area contributed by atoms with Crippen LogP contribution in [0.15, 0.2) is 41.1 Å². The van der Waals surface area contributed by atoms with Crippen molar-refractivity contribution in [1.29, 1.82) is 0 Å². The predicted molar refractivity (Wildman–Crippen MR) is 80.9 cm³/mol. The van der Waals surface area contributed by atoms with Gasteiger partial charge in [0.05, 0.1) is 5.41 Å². The average molecular weight is 325 g/mol. The van der Waals surface area contributed by atoms with Gasteiger partial charge in [-0.05, 0) is 48.2 Å². The summed E-state index contributed by atoms with van der Waals surface area (Å²) in [4.78, 5) is 12.7. The van der Waals surface area contributed by atoms with Crippen molar-refractivity contribution in [3.8, 4) is 0 Å². The Hall–Kier alpha value is -1.99. The third kappa shape index (κ3) is 4.24. The fourth-order valence-corrected chi connectivity index (χ4v) is 3.11. The Morgan fingerprint density at radius 1 is 1.33 bits per heavy atom. The van der Waals surface area contributed by atoms with Crippen LogP contribution in [0.3, 0.4) is 0 Å². The van der Waals surface area contributed by atoms with Crippen LogP contribution in [0.4, 0.5) is 4.39 Å². The van der Waals surface area contributed by atoms with E-state index in [1.165, 1.54) is 36.5 Å². The van der Waals surface area contributed by atoms with Crippen LogP contribution in [0.2, 0.25) is 0 Å². The molecule has 0 unspecified atom stereocenters. The molecule has 0 saturated heterocycles. The second kappa shape index (κ2) is 6.19. The van der Waals surface area contributed by atoms with E-state index in [1.54, 1.807) is 12.1 Å². The summed E-state index contributed by atoms with van der Waals surface area (Å²) in [7, 11) is -3.90. The summed E-state index contributed by atoms with van der Waals surface area (Å²) in [5.41, 5.74) is 0.481. The van der Waals surface area contributed by atoms with Gasteiger partial charge in [0.15, 0.2) is 0 Å². The lowest BCUT2D eigenvalue weighted by atomic mass is 10.1. The number of hydrogen-bond acceptors (Lipinski definition) is 4. The molecule has 2 aromatic rings. The summed E-state index contributed by atoms with van der Waals surface area (Å²) in [5, 5.41) is 2.74. The lowest BCUT2D eigenvalue weighted by Crippen LogP contribution is -2.29. The Bertz CT molecular complexity index is 781. The molecule has 0 bridgehead atoms. The number of carbonyl (C=O) groups excluding carboxylic acids is 1. The maximum absolute atomic E-state index is 13.0. The van der Waals surface area contributed by atoms with Crippen molar-refractivity contribution in [1.82, 2.24) is 4.72 Å². The van der Waals surface area contributed by atoms with Gasteiger partial charge in [-0.15, -0.1) is 11.3 Å². The molecule has 2 rings (SSSR count). The standard InChI is InChI=1S/C14H12FNO3S2/c1-10-9-11(15)4-5-13(10)14(17)16-21(18,19)8-6-12-3-2-7-20-12/h2-9H,1H3,(H,16,17)/b8-6+. The minimum absolute atomic E-state index is 0.115. The van der Waals surface area contributed by atoms with Crippen molar-refractivity contribution < 1.29 is 17.6 Å². The lowest BCUT2D eigenvalue weighted by molar-refractivity contribution is 0.0981. The number of aryl methyl sites for hydroxylation is 1. The number of hydrogen-bond donors (Lipinski definition) is 1. The number of halogens is 1. The molecule has 1 aromatic carbocycles. The van der Waals surface area contributed by atoms with E-state index in [4.69, 9.17) is 0 Å². The maximum Gasteiger partial charge on any atom is 0.265 e. The number of sulfonamides is 1. The van der Waals surface area contributed by atoms with Crippen LogP contribution in [0.1, 0.15) is 20.8 Å². The topological polar surface area (TPSA) is 63.2 Å². The van der Waals surface area contributed by atoms with E-state index in [1.807, 2.05) is 10.1 Å². The molecule has 0 aliphatic heterocycles. The molecule has 4 nitrogen and oxygen atoms in total. The van der Waals surface area contributed by atoms with E-state index in [0.29, 0.717) is 5.56 Å². The normalized spacial score (nSPS) is 11.7. The summed E-state index contributed by atoms with van der Waals surface area (Å²) in [5.74, 6) is -1.27. The lowest BCUT2D eigenvalue weighted by Gasteiger charge is -2.06. The van der Waals surface area contributed by atoms with Gasteiger partial charge in [-0.2, -0.15) is 0 Å². The minimum Gasteiger partial charge on any atom is -0.268 e. The number of rotatable bonds is 4. The summed E-state index contributed by atoms with van der Waals surface area (Å²) in [6, 6.07) is 7.07. The highest BCUT2D eigenvalue weighted by Gasteiger charge is 2.15. The van der Waals surface area contributed by atoms with E-state index >= 15 is 0 Å². The Balaban J connectivity index is 2.14. The largest absolute Gasteiger partial charge is 0.268 e. The van der Waals surface area contributed by atoms with Crippen molar-refractivity contribution in [3.05, 3.63) is 62.9 Å². The van der Waals surface area contributed by atoms with Crippen molar-refractivity contribution in [3.63, 3.8) is 0 Å². The van der Waals surface area contributed by atoms with Crippen molar-refractivity contribution in [2.24, 2.45) is 0 Å². The first kappa shape index (κ1) is 15.4. The first-order valence-electron chi connectivity index (χ1n) is 5.92. The van der Waals surface area contributed by atoms with Gasteiger partial charge in [0.2, 0.25) is 0 Å². The molecule has 0 atom stereocenters. The van der Waals surface area contributed by atoms with Gasteiger partial charge in [0.25, 0.3) is 15.9 Å². The third-order valence-electron chi connectivity index (χ3n) is 2.62. The molecule has 0 radical (unpaired) electrons. The van der Waals surface area contributed by atoms with Crippen molar-refractivity contribution in [2.45, 2.75) is 6.92 Å². The van der Waals surface area contributed by atoms with Crippen LogP contribution in [0.25, 0.3) is 6.08 Å². The molecule has 1 heterocycles. The van der Waals surface area contributed by atoms with Crippen LogP contribution in [-0.4, -0.2) is 14.3 Å². The quantitative estimate of drug-likeness (QED) is 0.940. The van der Waals surface area contributed by atoms with Crippen LogP contribution < -0.4 is 4.72 Å². The van der Waals surface area contributed by atoms with Gasteiger partial charge in [-0.1, -0.05) is 6.07 Å². The maximum atomic E-state index is 13.0. The van der Waals surface area contributed by atoms with Crippen molar-refractivity contribution in [2.75, 3.05) is 0 Å². The summed E-state index contributed by atoms with van der Waals surface area (Å²) < 4.78 is 38.5. The number of thiophene rings is 1. The van der Waals surface area contributed by atoms with Gasteiger partial charge >= 0.3 is 0 Å². The number of nitrogens with one attached hydrogen (secondary N) is 1. The molecule has 110 valence electrons. The Labute approximate surface area is 126 Å². The Morgan fingerprint density at radius 2 is 2.10 bits per heavy atom. The highest BCUT2D eigenvalue weighted by molar-refractivity contribution is 7.93. The highest BCUT2D eigenvalue weighted by Crippen LogP contribution is 2.12. The summed E-state index contributed by atoms with van der Waals surface area (Å²) in [6.07, 6.45) is 1.40. The zero-order valence-electron chi connectivity index (χ0n) is 11.0. The average Bonchev–Trinajstić information content (AvgIpc) is 2.88. The molecule has 1 amide bonds. The number of benzene rings is 1. The second-order valence-electron chi connectivity index (χ2n) is 4.25. The molecule has 1 aromatic heterocycles. The molecule has 0 spiro atoms. The van der Waals surface area contributed by atoms with Crippen LogP contribution in [-0.2, 0) is 10.0 Å². The van der Waals surface area contributed by atoms with Gasteiger partial charge in [-0.25, -0.2) is 17.5 Å². The first-order valence-corrected chi connectivity index (χ1v) is 8.35. The predicted octanol–water partition coefficient (Wildman–Crippen LogP) is 2.93. The molecular formula is C14H12FNO3S2. The van der Waals surface area contributed by atoms with E-state index in [-0.39, 0.29) is 5.56 Å². The smallest absolute Gasteiger partial charge is 0.265 e. The molecule has 1 N–H and O–H groups in total. The highest BCUT2D eigenvalue weighted by atomic mass is 32.2. The van der Waals surface area contributed by atoms with Gasteiger partial charge < -0.3 is 0 Å². The molecule has 0 saturated carbocycles. The van der Waals surface area contributed by atoms with E-state index < -0.39 is 21.7 Å². The van der Waals surface area contributed by atoms with Gasteiger partial charge in [-0.3, -0.25) is 4.79 Å². The van der Waals surface area contributed by atoms with Crippen molar-refractivity contribution >= 4 is 33.3 Å². The van der Waals surface area contributed by atoms with Gasteiger partial charge in [0, 0.05) is 10.4 Å². The zero-order chi connectivity index (χ0) is 15.5. The first-order chi connectivity index (χ1) is 9.87. The fraction of sp³-hybridized carbons (Fsp3) is 0.0714. The Kier molecular flexibility index (Phi) is 4.54. The second-order valence-corrected chi connectivity index (χ2v) is 6.80. The monoisotopic (exact) mass is 325 g/mol. The summed E-state index contributed by atoms with van der Waals surface area (Å²) >= 11 is 1.38. The molecular weight excluding hydrogens is 313 g/mol. The third-order valence-corrected chi connectivity index (χ3v) is 4.42. The molecule has 0 fully saturated rings. The van der Waals surface area contributed by atoms with Gasteiger partial charge in [0.1, 0.15) is 5.82 Å². The number of carbonyl (C=O) groups is 1. The number of amides is 1. The fourth-order valence-electron chi connectivity index (χ4n) is 1.64. The van der Waals surface area contributed by atoms with Crippen LogP contribution in [0, 0.1) is 12.7 Å². The van der Waals surface area contributed by atoms with E-state index in [2.05, 4.69) is 0 Å². The van der Waals surface area contributed by atoms with Crippen LogP contribution in [0.5, 0.6) is 0 Å². The van der Waals surface area contributed by atoms with Crippen LogP contribution >= 0.6 is 11.3 Å². The minimum atomic E-state index is -3.90. The summed E-state index contributed by atoms with van der Waals surface area (Å²) in [6.45, 7) is 1.53. The molecule has 0 aliphatic rings. The molecule has 7 heteroatoms. The molecule has 21 heavy (non-hydrogen) atoms. The molecule has 0 aliphatic carbocycles.